The average molecular weight is 972 g/mol. The molecule has 62 heavy (non-hydrogen) atoms. The van der Waals surface area contributed by atoms with E-state index in [-0.39, 0.29) is 42.2 Å². The largest absolute Gasteiger partial charge is 0.481 e. The fourth-order valence-corrected chi connectivity index (χ4v) is 9.47. The Balaban J connectivity index is 1.48. The lowest BCUT2D eigenvalue weighted by molar-refractivity contribution is -0.144. The minimum atomic E-state index is -5.63. The van der Waals surface area contributed by atoms with Gasteiger partial charge in [-0.3, -0.25) is 37.3 Å². The number of phosphoric ester groups is 3. The van der Waals surface area contributed by atoms with Crippen molar-refractivity contribution >= 4 is 75.1 Å². The van der Waals surface area contributed by atoms with Crippen molar-refractivity contribution in [3.63, 3.8) is 0 Å². The van der Waals surface area contributed by atoms with Crippen molar-refractivity contribution < 1.29 is 106 Å². The molecule has 3 unspecified atom stereocenters. The van der Waals surface area contributed by atoms with Gasteiger partial charge in [-0.05, 0) is 0 Å². The molecule has 3 heterocycles. The van der Waals surface area contributed by atoms with E-state index in [1.54, 1.807) is 0 Å². The highest BCUT2D eigenvalue weighted by Gasteiger charge is 2.50. The van der Waals surface area contributed by atoms with Gasteiger partial charge in [0.15, 0.2) is 22.8 Å². The zero-order valence-corrected chi connectivity index (χ0v) is 36.2. The minimum Gasteiger partial charge on any atom is -0.481 e. The summed E-state index contributed by atoms with van der Waals surface area (Å²) in [7, 11) is -16.6. The number of nitrogens with one attached hydrogen (secondary N) is 2. The number of hydrogen-bond acceptors (Lipinski definition) is 22. The molecule has 2 amide bonds. The number of carbonyl (C=O) groups excluding carboxylic acids is 3. The van der Waals surface area contributed by atoms with E-state index in [1.807, 2.05) is 0 Å². The van der Waals surface area contributed by atoms with Crippen molar-refractivity contribution in [3.8, 4) is 0 Å². The van der Waals surface area contributed by atoms with Gasteiger partial charge in [0.1, 0.15) is 36.3 Å². The first kappa shape index (κ1) is 53.2. The Morgan fingerprint density at radius 1 is 1.00 bits per heavy atom. The third-order valence-electron chi connectivity index (χ3n) is 9.13. The number of phosphoric acid groups is 3. The summed E-state index contributed by atoms with van der Waals surface area (Å²) in [6, 6.07) is 0. The number of carboxylic acid groups (broad SMARTS) is 1. The molecular weight excluding hydrogens is 923 g/mol. The summed E-state index contributed by atoms with van der Waals surface area (Å²) >= 11 is 0.573. The molecule has 0 radical (unpaired) electrons. The van der Waals surface area contributed by atoms with E-state index >= 15 is 0 Å². The monoisotopic (exact) mass is 971 g/mol. The van der Waals surface area contributed by atoms with Crippen molar-refractivity contribution in [3.05, 3.63) is 12.7 Å². The highest BCUT2D eigenvalue weighted by atomic mass is 32.2. The fraction of sp³-hybridized carbons (Fsp3) is 0.690. The molecule has 1 saturated heterocycles. The summed E-state index contributed by atoms with van der Waals surface area (Å²) in [5, 5.41) is 63.5. The number of hydrogen-bond donors (Lipinski definition) is 13. The molecule has 2 aromatic heterocycles. The Morgan fingerprint density at radius 2 is 1.65 bits per heavy atom. The number of nitrogens with zero attached hydrogens (tertiary/aromatic N) is 4. The molecule has 1 aliphatic rings. The van der Waals surface area contributed by atoms with Crippen LogP contribution < -0.4 is 16.4 Å². The first-order chi connectivity index (χ1) is 28.7. The lowest BCUT2D eigenvalue weighted by atomic mass is 9.76. The van der Waals surface area contributed by atoms with Gasteiger partial charge in [0.25, 0.3) is 0 Å². The Morgan fingerprint density at radius 3 is 2.24 bits per heavy atom. The summed E-state index contributed by atoms with van der Waals surface area (Å²) in [6.07, 6.45) is -8.07. The number of aliphatic carboxylic acids is 1. The lowest BCUT2D eigenvalue weighted by Gasteiger charge is -2.34. The number of carboxylic acids is 1. The van der Waals surface area contributed by atoms with Crippen LogP contribution in [0.15, 0.2) is 12.7 Å². The van der Waals surface area contributed by atoms with Crippen LogP contribution in [0.2, 0.25) is 0 Å². The molecule has 1 fully saturated rings. The van der Waals surface area contributed by atoms with Crippen molar-refractivity contribution in [2.24, 2.45) is 16.7 Å². The molecule has 3 rings (SSSR count). The molecule has 0 bridgehead atoms. The van der Waals surface area contributed by atoms with Gasteiger partial charge in [0.2, 0.25) is 11.8 Å². The number of carbonyl (C=O) groups is 4. The van der Waals surface area contributed by atoms with E-state index < -0.39 is 133 Å². The normalized spacial score (nSPS) is 21.5. The molecule has 14 N–H and O–H groups in total. The first-order valence-electron chi connectivity index (χ1n) is 17.8. The molecule has 352 valence electrons. The Hall–Kier alpha value is -3.09. The van der Waals surface area contributed by atoms with Crippen LogP contribution >= 0.6 is 35.2 Å². The van der Waals surface area contributed by atoms with Crippen molar-refractivity contribution in [2.45, 2.75) is 57.3 Å². The summed E-state index contributed by atoms with van der Waals surface area (Å²) in [5.74, 6) is -4.51. The molecule has 0 saturated carbocycles. The first-order valence-corrected chi connectivity index (χ1v) is 23.3. The standard InChI is InChI=1S/C29H48N7O22P3S/c1-28(2,22(44)25(45)32-4-3-17(40)31-5-6-62-27(46)29(10-38,11-39)15(8-37)7-18(41)42)12-55-61(52,53)58-60(50,51)54-9-16-21(57-59(47,48)49)20(43)26(56-16)36-14-35-19-23(30)33-13-34-24(19)36/h13-16,20-22,26,37-39,43-44H,3-12H2,1-2H3,(H,31,40)(H,32,45)(H,41,42)(H,50,51)(H,52,53)(H2,30,33,34)(H2,47,48,49)/t15?,16-,20-,21-,22+,26-/m1/s1. The molecule has 8 atom stereocenters. The molecule has 0 aliphatic carbocycles. The maximum atomic E-state index is 12.7. The van der Waals surface area contributed by atoms with Gasteiger partial charge in [0, 0.05) is 43.2 Å². The number of aliphatic hydroxyl groups excluding tert-OH is 5. The third-order valence-corrected chi connectivity index (χ3v) is 13.3. The Kier molecular flexibility index (Phi) is 19.1. The van der Waals surface area contributed by atoms with Gasteiger partial charge in [-0.1, -0.05) is 25.6 Å². The number of rotatable bonds is 26. The predicted molar refractivity (Wildman–Crippen MR) is 207 cm³/mol. The van der Waals surface area contributed by atoms with E-state index in [2.05, 4.69) is 34.4 Å². The summed E-state index contributed by atoms with van der Waals surface area (Å²) in [6.45, 7) is -2.91. The number of nitrogens with two attached hydrogens (primary N) is 1. The van der Waals surface area contributed by atoms with Gasteiger partial charge >= 0.3 is 29.4 Å². The number of ether oxygens (including phenoxy) is 1. The number of aromatic nitrogens is 4. The van der Waals surface area contributed by atoms with E-state index in [0.29, 0.717) is 11.8 Å². The number of fused-ring (bicyclic) bond motifs is 1. The molecule has 2 aromatic rings. The SMILES string of the molecule is CC(C)(COP(=O)(O)OP(=O)(O)OC[C@H]1O[C@@H](n2cnc3c(N)ncnc32)[C@H](O)[C@@H]1OP(=O)(O)O)[C@@H](O)C(=O)NCCC(=O)NCCSC(=O)C(CO)(CO)C(CO)CC(=O)O. The third kappa shape index (κ3) is 14.5. The molecular formula is C29H48N7O22P3S. The second-order valence-corrected chi connectivity index (χ2v) is 19.5. The van der Waals surface area contributed by atoms with E-state index in [1.165, 1.54) is 13.8 Å². The van der Waals surface area contributed by atoms with Crippen molar-refractivity contribution in [1.82, 2.24) is 30.2 Å². The maximum absolute atomic E-state index is 12.7. The summed E-state index contributed by atoms with van der Waals surface area (Å²) < 4.78 is 62.1. The van der Waals surface area contributed by atoms with Crippen LogP contribution in [-0.2, 0) is 55.5 Å². The van der Waals surface area contributed by atoms with E-state index in [0.717, 1.165) is 17.2 Å². The van der Waals surface area contributed by atoms with Crippen molar-refractivity contribution in [1.29, 1.82) is 0 Å². The topological polar surface area (TPSA) is 462 Å². The van der Waals surface area contributed by atoms with Gasteiger partial charge < -0.3 is 71.3 Å². The van der Waals surface area contributed by atoms with Gasteiger partial charge in [-0.15, -0.1) is 0 Å². The van der Waals surface area contributed by atoms with Gasteiger partial charge in [-0.25, -0.2) is 28.6 Å². The highest BCUT2D eigenvalue weighted by Crippen LogP contribution is 2.61. The van der Waals surface area contributed by atoms with Crippen LogP contribution in [0.5, 0.6) is 0 Å². The van der Waals surface area contributed by atoms with Crippen LogP contribution in [0.25, 0.3) is 11.2 Å². The zero-order chi connectivity index (χ0) is 46.8. The highest BCUT2D eigenvalue weighted by molar-refractivity contribution is 8.13. The lowest BCUT2D eigenvalue weighted by Crippen LogP contribution is -2.47. The Bertz CT molecular complexity index is 2040. The van der Waals surface area contributed by atoms with Crippen LogP contribution in [0, 0.1) is 16.7 Å². The summed E-state index contributed by atoms with van der Waals surface area (Å²) in [4.78, 5) is 99.7. The Labute approximate surface area is 354 Å². The zero-order valence-electron chi connectivity index (χ0n) is 32.7. The van der Waals surface area contributed by atoms with Crippen LogP contribution in [-0.4, -0.2) is 169 Å². The minimum absolute atomic E-state index is 0.00472. The van der Waals surface area contributed by atoms with E-state index in [4.69, 9.17) is 24.6 Å². The number of amides is 2. The number of anilines is 1. The van der Waals surface area contributed by atoms with Crippen LogP contribution in [0.3, 0.4) is 0 Å². The molecule has 29 nitrogen and oxygen atoms in total. The second kappa shape index (κ2) is 22.2. The van der Waals surface area contributed by atoms with Crippen LogP contribution in [0.4, 0.5) is 5.82 Å². The molecule has 1 aliphatic heterocycles. The molecule has 0 aromatic carbocycles. The van der Waals surface area contributed by atoms with Gasteiger partial charge in [-0.2, -0.15) is 4.31 Å². The number of aliphatic hydroxyl groups is 5. The van der Waals surface area contributed by atoms with E-state index in [9.17, 15) is 78.0 Å². The second-order valence-electron chi connectivity index (χ2n) is 14.2. The smallest absolute Gasteiger partial charge is 0.481 e. The maximum Gasteiger partial charge on any atom is 0.481 e. The molecule has 33 heteroatoms. The van der Waals surface area contributed by atoms with Crippen molar-refractivity contribution in [2.75, 3.05) is 57.6 Å². The number of nitrogen functional groups attached to an aromatic ring is 1. The number of imidazole rings is 1. The summed E-state index contributed by atoms with van der Waals surface area (Å²) in [5.41, 5.74) is 2.16. The average Bonchev–Trinajstić information content (AvgIpc) is 3.74. The fourth-order valence-electron chi connectivity index (χ4n) is 5.67. The quantitative estimate of drug-likeness (QED) is 0.0325. The molecule has 0 spiro atoms. The van der Waals surface area contributed by atoms with Crippen LogP contribution in [0.1, 0.15) is 32.9 Å². The predicted octanol–water partition coefficient (Wildman–Crippen LogP) is -3.28. The van der Waals surface area contributed by atoms with Gasteiger partial charge in [0.05, 0.1) is 44.6 Å². The number of thioether (sulfide) groups is 1.